The molecule has 1 fully saturated rings. The number of rotatable bonds is 7. The van der Waals surface area contributed by atoms with Gasteiger partial charge in [0.15, 0.2) is 5.13 Å². The summed E-state index contributed by atoms with van der Waals surface area (Å²) in [7, 11) is 1.62. The molecule has 4 aromatic rings. The standard InChI is InChI=1S/C23H22N4O5S2/c1-31-17-3-4-18-20(14-17)34-23(24-18)26(7-6-25-8-10-32-11-9-25)22(28)21-13-15-12-16(27(29)30)2-5-19(15)33-21/h2-5,12-14H,6-11H2,1H3. The number of nitrogens with zero attached hydrogens (tertiary/aromatic N) is 4. The number of hydrogen-bond acceptors (Lipinski definition) is 9. The fourth-order valence-electron chi connectivity index (χ4n) is 3.87. The minimum atomic E-state index is -0.428. The number of ether oxygens (including phenoxy) is 2. The van der Waals surface area contributed by atoms with Crippen LogP contribution >= 0.6 is 22.7 Å². The number of nitro benzene ring substituents is 1. The highest BCUT2D eigenvalue weighted by Crippen LogP contribution is 2.34. The third-order valence-corrected chi connectivity index (χ3v) is 7.87. The third-order valence-electron chi connectivity index (χ3n) is 5.73. The fraction of sp³-hybridized carbons (Fsp3) is 0.304. The van der Waals surface area contributed by atoms with Gasteiger partial charge in [0.25, 0.3) is 11.6 Å². The van der Waals surface area contributed by atoms with Crippen molar-refractivity contribution in [3.63, 3.8) is 0 Å². The molecule has 34 heavy (non-hydrogen) atoms. The number of amides is 1. The van der Waals surface area contributed by atoms with Gasteiger partial charge in [0, 0.05) is 48.4 Å². The van der Waals surface area contributed by atoms with E-state index in [0.29, 0.717) is 41.7 Å². The van der Waals surface area contributed by atoms with Gasteiger partial charge in [-0.05, 0) is 30.3 Å². The molecule has 0 unspecified atom stereocenters. The monoisotopic (exact) mass is 498 g/mol. The highest BCUT2D eigenvalue weighted by atomic mass is 32.1. The van der Waals surface area contributed by atoms with Crippen LogP contribution in [0.5, 0.6) is 5.75 Å². The van der Waals surface area contributed by atoms with E-state index in [1.54, 1.807) is 24.1 Å². The molecule has 0 radical (unpaired) electrons. The molecule has 0 bridgehead atoms. The Labute approximate surface area is 203 Å². The zero-order valence-electron chi connectivity index (χ0n) is 18.4. The number of anilines is 1. The van der Waals surface area contributed by atoms with Crippen LogP contribution in [0.4, 0.5) is 10.8 Å². The van der Waals surface area contributed by atoms with E-state index in [9.17, 15) is 14.9 Å². The second-order valence-electron chi connectivity index (χ2n) is 7.83. The number of fused-ring (bicyclic) bond motifs is 2. The van der Waals surface area contributed by atoms with Gasteiger partial charge in [0.05, 0.1) is 40.3 Å². The Balaban J connectivity index is 1.48. The lowest BCUT2D eigenvalue weighted by atomic mass is 10.2. The molecular weight excluding hydrogens is 476 g/mol. The summed E-state index contributed by atoms with van der Waals surface area (Å²) >= 11 is 2.78. The number of thiazole rings is 1. The second kappa shape index (κ2) is 9.63. The molecule has 1 aliphatic heterocycles. The number of carbonyl (C=O) groups is 1. The Hall–Kier alpha value is -3.12. The van der Waals surface area contributed by atoms with E-state index in [4.69, 9.17) is 14.5 Å². The van der Waals surface area contributed by atoms with E-state index in [0.717, 1.165) is 33.8 Å². The number of nitro groups is 1. The van der Waals surface area contributed by atoms with Crippen LogP contribution in [0.3, 0.4) is 0 Å². The van der Waals surface area contributed by atoms with Crippen LogP contribution in [0.25, 0.3) is 20.3 Å². The predicted molar refractivity (Wildman–Crippen MR) is 134 cm³/mol. The van der Waals surface area contributed by atoms with E-state index in [2.05, 4.69) is 4.90 Å². The third kappa shape index (κ3) is 4.60. The lowest BCUT2D eigenvalue weighted by Crippen LogP contribution is -2.43. The molecule has 0 saturated carbocycles. The van der Waals surface area contributed by atoms with Crippen molar-refractivity contribution >= 4 is 59.7 Å². The number of aromatic nitrogens is 1. The molecule has 11 heteroatoms. The van der Waals surface area contributed by atoms with Crippen LogP contribution in [0.2, 0.25) is 0 Å². The first kappa shape index (κ1) is 22.7. The van der Waals surface area contributed by atoms with Crippen LogP contribution in [0, 0.1) is 10.1 Å². The molecular formula is C23H22N4O5S2. The van der Waals surface area contributed by atoms with Crippen LogP contribution in [-0.2, 0) is 4.74 Å². The van der Waals surface area contributed by atoms with Crippen molar-refractivity contribution in [3.8, 4) is 5.75 Å². The molecule has 9 nitrogen and oxygen atoms in total. The first-order valence-corrected chi connectivity index (χ1v) is 12.4. The molecule has 0 atom stereocenters. The number of benzene rings is 2. The largest absolute Gasteiger partial charge is 0.497 e. The minimum Gasteiger partial charge on any atom is -0.497 e. The topological polar surface area (TPSA) is 98.0 Å². The van der Waals surface area contributed by atoms with Crippen molar-refractivity contribution in [1.82, 2.24) is 9.88 Å². The number of hydrogen-bond donors (Lipinski definition) is 0. The Morgan fingerprint density at radius 1 is 1.18 bits per heavy atom. The summed E-state index contributed by atoms with van der Waals surface area (Å²) in [6, 6.07) is 12.0. The van der Waals surface area contributed by atoms with Crippen molar-refractivity contribution in [3.05, 3.63) is 57.5 Å². The van der Waals surface area contributed by atoms with Crippen molar-refractivity contribution in [2.45, 2.75) is 0 Å². The minimum absolute atomic E-state index is 0.00796. The number of thiophene rings is 1. The molecule has 2 aromatic heterocycles. The maximum absolute atomic E-state index is 13.7. The van der Waals surface area contributed by atoms with Crippen molar-refractivity contribution in [2.75, 3.05) is 51.4 Å². The molecule has 1 saturated heterocycles. The van der Waals surface area contributed by atoms with Crippen molar-refractivity contribution < 1.29 is 19.2 Å². The lowest BCUT2D eigenvalue weighted by Gasteiger charge is -2.29. The maximum atomic E-state index is 13.7. The van der Waals surface area contributed by atoms with Gasteiger partial charge in [-0.3, -0.25) is 24.7 Å². The average Bonchev–Trinajstić information content (AvgIpc) is 3.47. The Bertz CT molecular complexity index is 1360. The molecule has 176 valence electrons. The molecule has 2 aromatic carbocycles. The zero-order chi connectivity index (χ0) is 23.7. The fourth-order valence-corrected chi connectivity index (χ4v) is 5.88. The summed E-state index contributed by atoms with van der Waals surface area (Å²) in [6.07, 6.45) is 0. The molecule has 0 N–H and O–H groups in total. The summed E-state index contributed by atoms with van der Waals surface area (Å²) in [5, 5.41) is 12.5. The van der Waals surface area contributed by atoms with Gasteiger partial charge >= 0.3 is 0 Å². The molecule has 0 spiro atoms. The Kier molecular flexibility index (Phi) is 6.42. The molecule has 1 amide bonds. The van der Waals surface area contributed by atoms with Gasteiger partial charge in [-0.25, -0.2) is 4.98 Å². The quantitative estimate of drug-likeness (QED) is 0.275. The summed E-state index contributed by atoms with van der Waals surface area (Å²) in [5.41, 5.74) is 0.811. The van der Waals surface area contributed by atoms with Gasteiger partial charge in [0.2, 0.25) is 0 Å². The van der Waals surface area contributed by atoms with Crippen LogP contribution in [0.15, 0.2) is 42.5 Å². The number of non-ortho nitro benzene ring substituents is 1. The maximum Gasteiger partial charge on any atom is 0.270 e. The second-order valence-corrected chi connectivity index (χ2v) is 9.92. The van der Waals surface area contributed by atoms with Crippen molar-refractivity contribution in [1.29, 1.82) is 0 Å². The number of morpholine rings is 1. The molecule has 5 rings (SSSR count). The van der Waals surface area contributed by atoms with E-state index in [1.807, 2.05) is 18.2 Å². The van der Waals surface area contributed by atoms with Gasteiger partial charge in [0.1, 0.15) is 5.75 Å². The van der Waals surface area contributed by atoms with Gasteiger partial charge in [-0.1, -0.05) is 11.3 Å². The SMILES string of the molecule is COc1ccc2nc(N(CCN3CCOCC3)C(=O)c3cc4cc([N+](=O)[O-])ccc4s3)sc2c1. The van der Waals surface area contributed by atoms with E-state index >= 15 is 0 Å². The van der Waals surface area contributed by atoms with Gasteiger partial charge in [-0.15, -0.1) is 11.3 Å². The number of carbonyl (C=O) groups excluding carboxylic acids is 1. The van der Waals surface area contributed by atoms with Crippen LogP contribution in [-0.4, -0.2) is 67.2 Å². The summed E-state index contributed by atoms with van der Waals surface area (Å²) in [5.74, 6) is 0.572. The van der Waals surface area contributed by atoms with Gasteiger partial charge < -0.3 is 9.47 Å². The molecule has 1 aliphatic rings. The van der Waals surface area contributed by atoms with Crippen LogP contribution < -0.4 is 9.64 Å². The zero-order valence-corrected chi connectivity index (χ0v) is 20.1. The first-order chi connectivity index (χ1) is 16.5. The summed E-state index contributed by atoms with van der Waals surface area (Å²) in [6.45, 7) is 4.19. The van der Waals surface area contributed by atoms with Gasteiger partial charge in [-0.2, -0.15) is 0 Å². The summed E-state index contributed by atoms with van der Waals surface area (Å²) < 4.78 is 12.5. The first-order valence-electron chi connectivity index (χ1n) is 10.8. The van der Waals surface area contributed by atoms with Crippen molar-refractivity contribution in [2.24, 2.45) is 0 Å². The van der Waals surface area contributed by atoms with E-state index in [1.165, 1.54) is 34.8 Å². The Morgan fingerprint density at radius 2 is 2.00 bits per heavy atom. The van der Waals surface area contributed by atoms with E-state index in [-0.39, 0.29) is 11.6 Å². The highest BCUT2D eigenvalue weighted by Gasteiger charge is 2.25. The van der Waals surface area contributed by atoms with Crippen LogP contribution in [0.1, 0.15) is 9.67 Å². The normalized spacial score (nSPS) is 14.5. The van der Waals surface area contributed by atoms with E-state index < -0.39 is 4.92 Å². The smallest absolute Gasteiger partial charge is 0.270 e. The molecule has 0 aliphatic carbocycles. The highest BCUT2D eigenvalue weighted by molar-refractivity contribution is 7.23. The predicted octanol–water partition coefficient (Wildman–Crippen LogP) is 4.41. The average molecular weight is 499 g/mol. The lowest BCUT2D eigenvalue weighted by molar-refractivity contribution is -0.384. The molecule has 3 heterocycles. The Morgan fingerprint density at radius 3 is 2.76 bits per heavy atom. The number of methoxy groups -OCH3 is 1. The summed E-state index contributed by atoms with van der Waals surface area (Å²) in [4.78, 5) is 33.7.